The number of rotatable bonds is 6. The molecule has 0 heterocycles. The Labute approximate surface area is 213 Å². The highest BCUT2D eigenvalue weighted by atomic mass is 19.4. The Balaban J connectivity index is 1.64. The summed E-state index contributed by atoms with van der Waals surface area (Å²) < 4.78 is 54.6. The van der Waals surface area contributed by atoms with E-state index in [1.54, 1.807) is 77.1 Å². The third-order valence-corrected chi connectivity index (χ3v) is 4.95. The molecule has 0 aliphatic carbocycles. The van der Waals surface area contributed by atoms with E-state index >= 15 is 0 Å². The largest absolute Gasteiger partial charge is 0.476 e. The number of amides is 1. The fourth-order valence-corrected chi connectivity index (χ4v) is 3.18. The summed E-state index contributed by atoms with van der Waals surface area (Å²) >= 11 is 0. The van der Waals surface area contributed by atoms with E-state index in [1.807, 2.05) is 6.07 Å². The minimum Gasteiger partial charge on any atom is -0.476 e. The summed E-state index contributed by atoms with van der Waals surface area (Å²) in [6, 6.07) is 17.8. The maximum Gasteiger partial charge on any atom is 0.417 e. The number of carbonyl (C=O) groups is 2. The maximum atomic E-state index is 12.7. The van der Waals surface area contributed by atoms with Crippen LogP contribution in [0.4, 0.5) is 23.7 Å². The van der Waals surface area contributed by atoms with Gasteiger partial charge in [0, 0.05) is 5.69 Å². The van der Waals surface area contributed by atoms with Gasteiger partial charge >= 0.3 is 18.2 Å². The normalized spacial score (nSPS) is 12.0. The molecule has 0 bridgehead atoms. The summed E-state index contributed by atoms with van der Waals surface area (Å²) in [4.78, 5) is 24.7. The van der Waals surface area contributed by atoms with E-state index in [1.165, 1.54) is 0 Å². The lowest BCUT2D eigenvalue weighted by atomic mass is 10.1. The molecule has 1 amide bonds. The second-order valence-corrected chi connectivity index (χ2v) is 9.76. The number of alkyl halides is 3. The van der Waals surface area contributed by atoms with E-state index in [-0.39, 0.29) is 11.4 Å². The summed E-state index contributed by atoms with van der Waals surface area (Å²) in [7, 11) is 0. The van der Waals surface area contributed by atoms with Crippen molar-refractivity contribution >= 4 is 17.7 Å². The van der Waals surface area contributed by atoms with Gasteiger partial charge < -0.3 is 14.2 Å². The number of carbonyl (C=O) groups excluding carboxylic acids is 2. The van der Waals surface area contributed by atoms with Crippen LogP contribution in [0.1, 0.15) is 40.2 Å². The number of hydrogen-bond acceptors (Lipinski definition) is 5. The molecule has 0 aliphatic rings. The molecule has 3 aromatic carbocycles. The first-order chi connectivity index (χ1) is 17.1. The fourth-order valence-electron chi connectivity index (χ4n) is 3.18. The fraction of sp³-hybridized carbons (Fsp3) is 0.286. The first-order valence-corrected chi connectivity index (χ1v) is 11.4. The van der Waals surface area contributed by atoms with Crippen LogP contribution in [0.15, 0.2) is 72.8 Å². The van der Waals surface area contributed by atoms with Gasteiger partial charge in [-0.15, -0.1) is 0 Å². The molecule has 0 aliphatic heterocycles. The smallest absolute Gasteiger partial charge is 0.417 e. The van der Waals surface area contributed by atoms with E-state index in [4.69, 9.17) is 14.2 Å². The average Bonchev–Trinajstić information content (AvgIpc) is 2.78. The van der Waals surface area contributed by atoms with Crippen molar-refractivity contribution in [2.45, 2.75) is 52.0 Å². The Bertz CT molecular complexity index is 1240. The van der Waals surface area contributed by atoms with Gasteiger partial charge in [-0.2, -0.15) is 13.2 Å². The van der Waals surface area contributed by atoms with Crippen LogP contribution in [-0.2, 0) is 15.7 Å². The Morgan fingerprint density at radius 1 is 0.757 bits per heavy atom. The van der Waals surface area contributed by atoms with Crippen LogP contribution in [0.3, 0.4) is 0 Å². The zero-order valence-corrected chi connectivity index (χ0v) is 21.1. The summed E-state index contributed by atoms with van der Waals surface area (Å²) in [5, 5.41) is 2.40. The van der Waals surface area contributed by atoms with Crippen molar-refractivity contribution in [2.75, 3.05) is 5.32 Å². The molecular formula is C28H28F3NO5. The van der Waals surface area contributed by atoms with Crippen LogP contribution in [0.2, 0.25) is 0 Å². The minimum absolute atomic E-state index is 0.166. The Kier molecular flexibility index (Phi) is 7.86. The third-order valence-electron chi connectivity index (χ3n) is 4.95. The molecule has 0 unspecified atom stereocenters. The summed E-state index contributed by atoms with van der Waals surface area (Å²) in [5.41, 5.74) is -0.927. The second-order valence-electron chi connectivity index (χ2n) is 9.76. The zero-order chi connectivity index (χ0) is 27.4. The van der Waals surface area contributed by atoms with Gasteiger partial charge in [-0.1, -0.05) is 24.3 Å². The van der Waals surface area contributed by atoms with Crippen LogP contribution in [0.25, 0.3) is 11.1 Å². The van der Waals surface area contributed by atoms with Crippen LogP contribution in [0.5, 0.6) is 11.5 Å². The molecular weight excluding hydrogens is 487 g/mol. The number of halogens is 3. The van der Waals surface area contributed by atoms with Crippen molar-refractivity contribution in [1.29, 1.82) is 0 Å². The molecule has 37 heavy (non-hydrogen) atoms. The molecule has 0 aromatic heterocycles. The lowest BCUT2D eigenvalue weighted by molar-refractivity contribution is -0.170. The highest BCUT2D eigenvalue weighted by Gasteiger charge is 2.35. The number of benzene rings is 3. The van der Waals surface area contributed by atoms with E-state index < -0.39 is 35.0 Å². The highest BCUT2D eigenvalue weighted by Crippen LogP contribution is 2.30. The van der Waals surface area contributed by atoms with Gasteiger partial charge in [0.05, 0.1) is 5.56 Å². The first-order valence-electron chi connectivity index (χ1n) is 11.4. The quantitative estimate of drug-likeness (QED) is 0.345. The topological polar surface area (TPSA) is 73.9 Å². The van der Waals surface area contributed by atoms with E-state index in [9.17, 15) is 22.8 Å². The van der Waals surface area contributed by atoms with Crippen molar-refractivity contribution in [3.05, 3.63) is 78.4 Å². The van der Waals surface area contributed by atoms with Crippen molar-refractivity contribution in [2.24, 2.45) is 0 Å². The van der Waals surface area contributed by atoms with Gasteiger partial charge in [0.15, 0.2) is 5.60 Å². The van der Waals surface area contributed by atoms with E-state index in [0.29, 0.717) is 5.75 Å². The predicted molar refractivity (Wildman–Crippen MR) is 134 cm³/mol. The molecule has 0 spiro atoms. The molecule has 0 atom stereocenters. The predicted octanol–water partition coefficient (Wildman–Crippen LogP) is 7.48. The number of ether oxygens (including phenoxy) is 3. The molecule has 0 saturated carbocycles. The van der Waals surface area contributed by atoms with Gasteiger partial charge in [0.25, 0.3) is 0 Å². The first kappa shape index (κ1) is 27.6. The third kappa shape index (κ3) is 7.99. The van der Waals surface area contributed by atoms with Crippen LogP contribution in [-0.4, -0.2) is 23.3 Å². The van der Waals surface area contributed by atoms with Crippen LogP contribution >= 0.6 is 0 Å². The van der Waals surface area contributed by atoms with Gasteiger partial charge in [0.2, 0.25) is 0 Å². The monoisotopic (exact) mass is 515 g/mol. The van der Waals surface area contributed by atoms with Gasteiger partial charge in [0.1, 0.15) is 17.1 Å². The van der Waals surface area contributed by atoms with E-state index in [2.05, 4.69) is 5.32 Å². The summed E-state index contributed by atoms with van der Waals surface area (Å²) in [6.45, 7) is 8.61. The molecule has 1 N–H and O–H groups in total. The number of esters is 1. The molecule has 3 aromatic rings. The summed E-state index contributed by atoms with van der Waals surface area (Å²) in [5.74, 6) is 0.236. The molecule has 0 saturated heterocycles. The molecule has 6 nitrogen and oxygen atoms in total. The number of hydrogen-bond donors (Lipinski definition) is 1. The zero-order valence-electron chi connectivity index (χ0n) is 21.1. The Hall–Kier alpha value is -4.01. The maximum absolute atomic E-state index is 12.7. The highest BCUT2D eigenvalue weighted by molar-refractivity contribution is 5.86. The second kappa shape index (κ2) is 10.5. The van der Waals surface area contributed by atoms with Gasteiger partial charge in [-0.05, 0) is 94.3 Å². The molecule has 9 heteroatoms. The lowest BCUT2D eigenvalue weighted by Gasteiger charge is -2.29. The van der Waals surface area contributed by atoms with Crippen molar-refractivity contribution < 1.29 is 37.0 Å². The Morgan fingerprint density at radius 2 is 1.38 bits per heavy atom. The van der Waals surface area contributed by atoms with Gasteiger partial charge in [-0.25, -0.2) is 9.59 Å². The van der Waals surface area contributed by atoms with E-state index in [0.717, 1.165) is 35.4 Å². The molecule has 196 valence electrons. The number of anilines is 1. The number of nitrogens with one attached hydrogen (secondary N) is 1. The van der Waals surface area contributed by atoms with Crippen molar-refractivity contribution in [3.63, 3.8) is 0 Å². The standard InChI is InChI=1S/C28H28F3NO5/c1-26(2,3)37-24(33)27(4,5)36-22-15-9-18(10-16-22)19-7-6-8-23(17-19)35-25(34)32-21-13-11-20(12-14-21)28(29,30)31/h6-17H,1-5H3,(H,32,34). The molecule has 0 radical (unpaired) electrons. The van der Waals surface area contributed by atoms with Crippen LogP contribution < -0.4 is 14.8 Å². The molecule has 0 fully saturated rings. The minimum atomic E-state index is -4.46. The van der Waals surface area contributed by atoms with Crippen molar-refractivity contribution in [3.8, 4) is 22.6 Å². The average molecular weight is 516 g/mol. The lowest BCUT2D eigenvalue weighted by Crippen LogP contribution is -2.43. The van der Waals surface area contributed by atoms with Crippen molar-refractivity contribution in [1.82, 2.24) is 0 Å². The summed E-state index contributed by atoms with van der Waals surface area (Å²) in [6.07, 6.45) is -5.30. The van der Waals surface area contributed by atoms with Crippen LogP contribution in [0, 0.1) is 0 Å². The van der Waals surface area contributed by atoms with Gasteiger partial charge in [-0.3, -0.25) is 5.32 Å². The SMILES string of the molecule is CC(C)(C)OC(=O)C(C)(C)Oc1ccc(-c2cccc(OC(=O)Nc3ccc(C(F)(F)F)cc3)c2)cc1. The Morgan fingerprint density at radius 3 is 1.95 bits per heavy atom. The molecule has 3 rings (SSSR count).